The van der Waals surface area contributed by atoms with Gasteiger partial charge in [0.2, 0.25) is 5.91 Å². The van der Waals surface area contributed by atoms with Crippen LogP contribution in [-0.4, -0.2) is 30.9 Å². The van der Waals surface area contributed by atoms with E-state index in [2.05, 4.69) is 27.3 Å². The predicted octanol–water partition coefficient (Wildman–Crippen LogP) is 2.92. The van der Waals surface area contributed by atoms with E-state index in [-0.39, 0.29) is 18.0 Å². The Hall–Kier alpha value is -0.900. The summed E-state index contributed by atoms with van der Waals surface area (Å²) in [4.78, 5) is 15.2. The Balaban J connectivity index is 2.83. The molecule has 1 aromatic heterocycles. The molecule has 104 valence electrons. The van der Waals surface area contributed by atoms with Gasteiger partial charge in [-0.3, -0.25) is 9.69 Å². The Kier molecular flexibility index (Phi) is 6.49. The minimum absolute atomic E-state index is 0.0542. The topological polar surface area (TPSA) is 56.1 Å². The molecule has 0 saturated carbocycles. The minimum atomic E-state index is -0.316. The summed E-state index contributed by atoms with van der Waals surface area (Å²) in [7, 11) is 3.76. The first-order valence-corrected chi connectivity index (χ1v) is 7.74. The quantitative estimate of drug-likeness (QED) is 0.863. The maximum Gasteiger partial charge on any atom is 0.243 e. The second-order valence-corrected chi connectivity index (χ2v) is 6.37. The van der Waals surface area contributed by atoms with Gasteiger partial charge in [0, 0.05) is 20.8 Å². The molecule has 0 saturated heterocycles. The SMILES string of the molecule is CC[C@@H](CC#N)NC(=O)[C@H](c1cc(Br)cs1)N(C)C. The van der Waals surface area contributed by atoms with Crippen molar-refractivity contribution in [3.05, 3.63) is 20.8 Å². The van der Waals surface area contributed by atoms with Crippen molar-refractivity contribution in [2.75, 3.05) is 14.1 Å². The Morgan fingerprint density at radius 1 is 1.63 bits per heavy atom. The standard InChI is InChI=1S/C13H18BrN3OS/c1-4-10(5-6-15)16-13(18)12(17(2)3)11-7-9(14)8-19-11/h7-8,10,12H,4-5H2,1-3H3,(H,16,18)/t10-,12-/m0/s1. The van der Waals surface area contributed by atoms with Gasteiger partial charge in [0.25, 0.3) is 0 Å². The molecule has 2 atom stereocenters. The van der Waals surface area contributed by atoms with Crippen molar-refractivity contribution < 1.29 is 4.79 Å². The summed E-state index contributed by atoms with van der Waals surface area (Å²) in [5.41, 5.74) is 0. The fourth-order valence-corrected chi connectivity index (χ4v) is 3.41. The van der Waals surface area contributed by atoms with Crippen LogP contribution < -0.4 is 5.32 Å². The number of hydrogen-bond acceptors (Lipinski definition) is 4. The number of nitrogens with zero attached hydrogens (tertiary/aromatic N) is 2. The number of rotatable bonds is 6. The highest BCUT2D eigenvalue weighted by molar-refractivity contribution is 9.10. The van der Waals surface area contributed by atoms with E-state index in [1.54, 1.807) is 11.3 Å². The maximum atomic E-state index is 12.4. The number of carbonyl (C=O) groups excluding carboxylic acids is 1. The van der Waals surface area contributed by atoms with Crippen LogP contribution in [0.15, 0.2) is 15.9 Å². The molecule has 0 aromatic carbocycles. The summed E-state index contributed by atoms with van der Waals surface area (Å²) in [6.07, 6.45) is 1.10. The molecule has 19 heavy (non-hydrogen) atoms. The first kappa shape index (κ1) is 16.2. The van der Waals surface area contributed by atoms with Crippen LogP contribution in [0.2, 0.25) is 0 Å². The third-order valence-electron chi connectivity index (χ3n) is 2.80. The fourth-order valence-electron chi connectivity index (χ4n) is 1.78. The minimum Gasteiger partial charge on any atom is -0.351 e. The molecule has 0 aliphatic carbocycles. The van der Waals surface area contributed by atoms with Crippen LogP contribution in [0.3, 0.4) is 0 Å². The lowest BCUT2D eigenvalue weighted by atomic mass is 10.1. The Labute approximate surface area is 126 Å². The molecule has 0 unspecified atom stereocenters. The highest BCUT2D eigenvalue weighted by atomic mass is 79.9. The van der Waals surface area contributed by atoms with E-state index in [0.29, 0.717) is 6.42 Å². The Bertz CT molecular complexity index is 467. The molecule has 0 spiro atoms. The number of likely N-dealkylation sites (N-methyl/N-ethyl adjacent to an activating group) is 1. The van der Waals surface area contributed by atoms with E-state index in [1.807, 2.05) is 37.4 Å². The third-order valence-corrected chi connectivity index (χ3v) is 4.54. The van der Waals surface area contributed by atoms with Gasteiger partial charge in [0.05, 0.1) is 12.5 Å². The molecule has 1 heterocycles. The number of nitriles is 1. The van der Waals surface area contributed by atoms with E-state index in [4.69, 9.17) is 5.26 Å². The van der Waals surface area contributed by atoms with Gasteiger partial charge in [-0.25, -0.2) is 0 Å². The highest BCUT2D eigenvalue weighted by Crippen LogP contribution is 2.28. The molecular weight excluding hydrogens is 326 g/mol. The fraction of sp³-hybridized carbons (Fsp3) is 0.538. The zero-order valence-corrected chi connectivity index (χ0v) is 13.7. The first-order valence-electron chi connectivity index (χ1n) is 6.07. The Morgan fingerprint density at radius 3 is 2.74 bits per heavy atom. The summed E-state index contributed by atoms with van der Waals surface area (Å²) < 4.78 is 0.983. The lowest BCUT2D eigenvalue weighted by Crippen LogP contribution is -2.41. The van der Waals surface area contributed by atoms with Crippen LogP contribution in [0.1, 0.15) is 30.7 Å². The van der Waals surface area contributed by atoms with E-state index < -0.39 is 0 Å². The van der Waals surface area contributed by atoms with Gasteiger partial charge in [-0.05, 0) is 42.5 Å². The third kappa shape index (κ3) is 4.60. The van der Waals surface area contributed by atoms with E-state index in [9.17, 15) is 4.79 Å². The van der Waals surface area contributed by atoms with Crippen molar-refractivity contribution in [1.82, 2.24) is 10.2 Å². The average Bonchev–Trinajstić information content (AvgIpc) is 2.74. The van der Waals surface area contributed by atoms with Crippen molar-refractivity contribution in [1.29, 1.82) is 5.26 Å². The van der Waals surface area contributed by atoms with Crippen molar-refractivity contribution in [2.45, 2.75) is 31.8 Å². The van der Waals surface area contributed by atoms with E-state index in [1.165, 1.54) is 0 Å². The van der Waals surface area contributed by atoms with Gasteiger partial charge >= 0.3 is 0 Å². The van der Waals surface area contributed by atoms with Crippen molar-refractivity contribution >= 4 is 33.2 Å². The van der Waals surface area contributed by atoms with Crippen LogP contribution in [-0.2, 0) is 4.79 Å². The number of halogens is 1. The second-order valence-electron chi connectivity index (χ2n) is 4.51. The number of carbonyl (C=O) groups is 1. The van der Waals surface area contributed by atoms with Gasteiger partial charge in [0.1, 0.15) is 6.04 Å². The van der Waals surface area contributed by atoms with E-state index >= 15 is 0 Å². The highest BCUT2D eigenvalue weighted by Gasteiger charge is 2.25. The smallest absolute Gasteiger partial charge is 0.243 e. The van der Waals surface area contributed by atoms with Crippen molar-refractivity contribution in [3.63, 3.8) is 0 Å². The van der Waals surface area contributed by atoms with Crippen LogP contribution in [0.5, 0.6) is 0 Å². The van der Waals surface area contributed by atoms with Crippen LogP contribution in [0.25, 0.3) is 0 Å². The maximum absolute atomic E-state index is 12.4. The van der Waals surface area contributed by atoms with Gasteiger partial charge in [0.15, 0.2) is 0 Å². The monoisotopic (exact) mass is 343 g/mol. The molecule has 1 amide bonds. The zero-order valence-electron chi connectivity index (χ0n) is 11.3. The van der Waals surface area contributed by atoms with Gasteiger partial charge < -0.3 is 5.32 Å². The zero-order chi connectivity index (χ0) is 14.4. The number of amides is 1. The molecule has 0 aliphatic rings. The number of hydrogen-bond donors (Lipinski definition) is 1. The molecule has 4 nitrogen and oxygen atoms in total. The van der Waals surface area contributed by atoms with Gasteiger partial charge in [-0.1, -0.05) is 6.92 Å². The van der Waals surface area contributed by atoms with E-state index in [0.717, 1.165) is 15.8 Å². The summed E-state index contributed by atoms with van der Waals surface area (Å²) in [5.74, 6) is -0.0542. The van der Waals surface area contributed by atoms with Crippen molar-refractivity contribution in [2.24, 2.45) is 0 Å². The van der Waals surface area contributed by atoms with Crippen LogP contribution >= 0.6 is 27.3 Å². The summed E-state index contributed by atoms with van der Waals surface area (Å²) in [6.45, 7) is 1.97. The molecule has 0 bridgehead atoms. The average molecular weight is 344 g/mol. The molecule has 6 heteroatoms. The molecule has 1 N–H and O–H groups in total. The number of thiophene rings is 1. The summed E-state index contributed by atoms with van der Waals surface area (Å²) >= 11 is 4.95. The Morgan fingerprint density at radius 2 is 2.32 bits per heavy atom. The predicted molar refractivity (Wildman–Crippen MR) is 80.9 cm³/mol. The summed E-state index contributed by atoms with van der Waals surface area (Å²) in [6, 6.07) is 3.67. The van der Waals surface area contributed by atoms with Gasteiger partial charge in [-0.2, -0.15) is 5.26 Å². The summed E-state index contributed by atoms with van der Waals surface area (Å²) in [5, 5.41) is 13.6. The van der Waals surface area contributed by atoms with Crippen molar-refractivity contribution in [3.8, 4) is 6.07 Å². The molecule has 1 aromatic rings. The lowest BCUT2D eigenvalue weighted by molar-refractivity contribution is -0.126. The molecule has 0 radical (unpaired) electrons. The molecular formula is C13H18BrN3OS. The van der Waals surface area contributed by atoms with Crippen LogP contribution in [0, 0.1) is 11.3 Å². The first-order chi connectivity index (χ1) is 8.99. The molecule has 0 fully saturated rings. The lowest BCUT2D eigenvalue weighted by Gasteiger charge is -2.24. The number of nitrogens with one attached hydrogen (secondary N) is 1. The molecule has 0 aliphatic heterocycles. The second kappa shape index (κ2) is 7.63. The molecule has 1 rings (SSSR count). The van der Waals surface area contributed by atoms with Crippen LogP contribution in [0.4, 0.5) is 0 Å². The largest absolute Gasteiger partial charge is 0.351 e. The normalized spacial score (nSPS) is 13.9. The van der Waals surface area contributed by atoms with Gasteiger partial charge in [-0.15, -0.1) is 11.3 Å².